The summed E-state index contributed by atoms with van der Waals surface area (Å²) in [6, 6.07) is 7.43. The fourth-order valence-electron chi connectivity index (χ4n) is 1.71. The summed E-state index contributed by atoms with van der Waals surface area (Å²) >= 11 is 6.16. The van der Waals surface area contributed by atoms with Crippen molar-refractivity contribution in [2.75, 3.05) is 0 Å². The van der Waals surface area contributed by atoms with Crippen LogP contribution in [0.15, 0.2) is 30.5 Å². The molecule has 0 unspecified atom stereocenters. The van der Waals surface area contributed by atoms with Gasteiger partial charge in [-0.1, -0.05) is 37.6 Å². The highest BCUT2D eigenvalue weighted by Crippen LogP contribution is 2.25. The fraction of sp³-hybridized carbons (Fsp3) is 0.308. The maximum atomic E-state index is 9.32. The molecule has 1 aromatic carbocycles. The first kappa shape index (κ1) is 12.1. The van der Waals surface area contributed by atoms with Gasteiger partial charge in [0.1, 0.15) is 0 Å². The number of nitrogens with zero attached hydrogens (tertiary/aromatic N) is 2. The van der Waals surface area contributed by atoms with Gasteiger partial charge < -0.3 is 5.11 Å². The van der Waals surface area contributed by atoms with Crippen molar-refractivity contribution in [3.8, 4) is 5.69 Å². The lowest BCUT2D eigenvalue weighted by Gasteiger charge is -2.09. The van der Waals surface area contributed by atoms with Crippen molar-refractivity contribution < 1.29 is 5.11 Å². The first-order chi connectivity index (χ1) is 8.13. The summed E-state index contributed by atoms with van der Waals surface area (Å²) in [5.41, 5.74) is 2.54. The van der Waals surface area contributed by atoms with Crippen LogP contribution in [0.1, 0.15) is 31.0 Å². The smallest absolute Gasteiger partial charge is 0.0886 e. The van der Waals surface area contributed by atoms with Gasteiger partial charge in [-0.05, 0) is 18.1 Å². The van der Waals surface area contributed by atoms with E-state index in [2.05, 4.69) is 18.9 Å². The van der Waals surface area contributed by atoms with E-state index in [1.165, 1.54) is 0 Å². The zero-order chi connectivity index (χ0) is 12.4. The third-order valence-electron chi connectivity index (χ3n) is 2.67. The normalized spacial score (nSPS) is 11.1. The molecule has 0 saturated heterocycles. The van der Waals surface area contributed by atoms with E-state index in [-0.39, 0.29) is 6.61 Å². The maximum absolute atomic E-state index is 9.32. The Morgan fingerprint density at radius 2 is 2.12 bits per heavy atom. The van der Waals surface area contributed by atoms with Gasteiger partial charge in [0.2, 0.25) is 0 Å². The van der Waals surface area contributed by atoms with E-state index < -0.39 is 0 Å². The Balaban J connectivity index is 2.51. The lowest BCUT2D eigenvalue weighted by molar-refractivity contribution is 0.281. The van der Waals surface area contributed by atoms with E-state index >= 15 is 0 Å². The van der Waals surface area contributed by atoms with Gasteiger partial charge in [0.25, 0.3) is 0 Å². The molecule has 3 nitrogen and oxygen atoms in total. The van der Waals surface area contributed by atoms with Gasteiger partial charge in [-0.2, -0.15) is 5.10 Å². The molecule has 0 atom stereocenters. The van der Waals surface area contributed by atoms with Gasteiger partial charge in [-0.25, -0.2) is 4.68 Å². The minimum absolute atomic E-state index is 0.0488. The predicted octanol–water partition coefficient (Wildman–Crippen LogP) is 3.14. The number of aliphatic hydroxyl groups excluding tert-OH is 1. The average Bonchev–Trinajstić information content (AvgIpc) is 2.77. The SMILES string of the molecule is CC(C)c1ccn(-c2c(Cl)cccc2CO)n1. The molecule has 0 amide bonds. The molecule has 1 aromatic heterocycles. The molecule has 0 spiro atoms. The summed E-state index contributed by atoms with van der Waals surface area (Å²) < 4.78 is 1.73. The summed E-state index contributed by atoms with van der Waals surface area (Å²) in [7, 11) is 0. The summed E-state index contributed by atoms with van der Waals surface area (Å²) in [6.45, 7) is 4.13. The van der Waals surface area contributed by atoms with Gasteiger partial charge in [-0.3, -0.25) is 0 Å². The molecule has 0 aliphatic heterocycles. The Labute approximate surface area is 106 Å². The third kappa shape index (κ3) is 2.35. The molecule has 90 valence electrons. The molecule has 2 aromatic rings. The minimum atomic E-state index is -0.0488. The van der Waals surface area contributed by atoms with Crippen LogP contribution in [-0.4, -0.2) is 14.9 Å². The molecule has 2 rings (SSSR count). The molecule has 0 radical (unpaired) electrons. The van der Waals surface area contributed by atoms with E-state index in [9.17, 15) is 5.11 Å². The summed E-state index contributed by atoms with van der Waals surface area (Å²) in [4.78, 5) is 0. The number of hydrogen-bond acceptors (Lipinski definition) is 2. The topological polar surface area (TPSA) is 38.0 Å². The van der Waals surface area contributed by atoms with Crippen molar-refractivity contribution in [1.29, 1.82) is 0 Å². The first-order valence-corrected chi connectivity index (χ1v) is 5.95. The summed E-state index contributed by atoms with van der Waals surface area (Å²) in [5.74, 6) is 0.372. The lowest BCUT2D eigenvalue weighted by Crippen LogP contribution is -2.02. The highest BCUT2D eigenvalue weighted by Gasteiger charge is 2.11. The van der Waals surface area contributed by atoms with Crippen LogP contribution >= 0.6 is 11.6 Å². The minimum Gasteiger partial charge on any atom is -0.392 e. The number of para-hydroxylation sites is 1. The Bertz CT molecular complexity index is 520. The van der Waals surface area contributed by atoms with Crippen LogP contribution in [0, 0.1) is 0 Å². The van der Waals surface area contributed by atoms with Crippen LogP contribution in [0.5, 0.6) is 0 Å². The molecular weight excluding hydrogens is 236 g/mol. The maximum Gasteiger partial charge on any atom is 0.0886 e. The average molecular weight is 251 g/mol. The van der Waals surface area contributed by atoms with Crippen molar-refractivity contribution in [2.45, 2.75) is 26.4 Å². The highest BCUT2D eigenvalue weighted by molar-refractivity contribution is 6.32. The number of halogens is 1. The van der Waals surface area contributed by atoms with E-state index in [0.717, 1.165) is 16.9 Å². The number of hydrogen-bond donors (Lipinski definition) is 1. The molecule has 1 N–H and O–H groups in total. The van der Waals surface area contributed by atoms with Gasteiger partial charge in [0.15, 0.2) is 0 Å². The Morgan fingerprint density at radius 3 is 2.71 bits per heavy atom. The second-order valence-corrected chi connectivity index (χ2v) is 4.65. The third-order valence-corrected chi connectivity index (χ3v) is 2.98. The largest absolute Gasteiger partial charge is 0.392 e. The Morgan fingerprint density at radius 1 is 1.35 bits per heavy atom. The van der Waals surface area contributed by atoms with E-state index in [4.69, 9.17) is 11.6 Å². The van der Waals surface area contributed by atoms with Gasteiger partial charge in [0.05, 0.1) is 23.0 Å². The summed E-state index contributed by atoms with van der Waals surface area (Å²) in [5, 5.41) is 14.4. The quantitative estimate of drug-likeness (QED) is 0.909. The van der Waals surface area contributed by atoms with Crippen molar-refractivity contribution in [1.82, 2.24) is 9.78 Å². The second kappa shape index (κ2) is 4.90. The zero-order valence-corrected chi connectivity index (χ0v) is 10.6. The van der Waals surface area contributed by atoms with Gasteiger partial charge in [-0.15, -0.1) is 0 Å². The standard InChI is InChI=1S/C13H15ClN2O/c1-9(2)12-6-7-16(15-12)13-10(8-17)4-3-5-11(13)14/h3-7,9,17H,8H2,1-2H3. The molecule has 17 heavy (non-hydrogen) atoms. The highest BCUT2D eigenvalue weighted by atomic mass is 35.5. The van der Waals surface area contributed by atoms with Gasteiger partial charge in [0, 0.05) is 11.8 Å². The molecule has 0 bridgehead atoms. The molecule has 0 saturated carbocycles. The molecular formula is C13H15ClN2O. The number of rotatable bonds is 3. The molecule has 1 heterocycles. The first-order valence-electron chi connectivity index (χ1n) is 5.57. The molecule has 0 fully saturated rings. The van der Waals surface area contributed by atoms with Crippen LogP contribution in [0.25, 0.3) is 5.69 Å². The number of aliphatic hydroxyl groups is 1. The Kier molecular flexibility index (Phi) is 3.50. The lowest BCUT2D eigenvalue weighted by atomic mass is 10.1. The van der Waals surface area contributed by atoms with E-state index in [1.54, 1.807) is 10.7 Å². The Hall–Kier alpha value is -1.32. The van der Waals surface area contributed by atoms with Gasteiger partial charge >= 0.3 is 0 Å². The van der Waals surface area contributed by atoms with E-state index in [0.29, 0.717) is 10.9 Å². The molecule has 4 heteroatoms. The number of aromatic nitrogens is 2. The fourth-order valence-corrected chi connectivity index (χ4v) is 2.00. The predicted molar refractivity (Wildman–Crippen MR) is 68.6 cm³/mol. The van der Waals surface area contributed by atoms with Crippen LogP contribution < -0.4 is 0 Å². The monoisotopic (exact) mass is 250 g/mol. The second-order valence-electron chi connectivity index (χ2n) is 4.25. The molecule has 0 aliphatic rings. The van der Waals surface area contributed by atoms with Crippen molar-refractivity contribution >= 4 is 11.6 Å². The molecule has 0 aliphatic carbocycles. The van der Waals surface area contributed by atoms with Crippen molar-refractivity contribution in [2.24, 2.45) is 0 Å². The number of benzene rings is 1. The summed E-state index contributed by atoms with van der Waals surface area (Å²) in [6.07, 6.45) is 1.87. The van der Waals surface area contributed by atoms with Crippen molar-refractivity contribution in [3.05, 3.63) is 46.7 Å². The van der Waals surface area contributed by atoms with Crippen LogP contribution in [0.2, 0.25) is 5.02 Å². The zero-order valence-electron chi connectivity index (χ0n) is 9.89. The van der Waals surface area contributed by atoms with E-state index in [1.807, 2.05) is 24.4 Å². The van der Waals surface area contributed by atoms with Crippen LogP contribution in [0.3, 0.4) is 0 Å². The van der Waals surface area contributed by atoms with Crippen LogP contribution in [-0.2, 0) is 6.61 Å². The van der Waals surface area contributed by atoms with Crippen LogP contribution in [0.4, 0.5) is 0 Å². The van der Waals surface area contributed by atoms with Crippen molar-refractivity contribution in [3.63, 3.8) is 0 Å².